The summed E-state index contributed by atoms with van der Waals surface area (Å²) < 4.78 is 10.8. The number of hydrogen-bond donors (Lipinski definition) is 1. The Morgan fingerprint density at radius 3 is 2.54 bits per heavy atom. The number of esters is 1. The van der Waals surface area contributed by atoms with Crippen LogP contribution in [0.1, 0.15) is 43.4 Å². The minimum absolute atomic E-state index is 0.247. The smallest absolute Gasteiger partial charge is 0.344 e. The minimum atomic E-state index is -1.02. The summed E-state index contributed by atoms with van der Waals surface area (Å²) in [6.07, 6.45) is -1.02. The van der Waals surface area contributed by atoms with Crippen LogP contribution in [0.2, 0.25) is 0 Å². The molecule has 0 spiro atoms. The first kappa shape index (κ1) is 21.0. The highest BCUT2D eigenvalue weighted by molar-refractivity contribution is 5.96. The van der Waals surface area contributed by atoms with E-state index in [0.717, 1.165) is 11.1 Å². The summed E-state index contributed by atoms with van der Waals surface area (Å²) in [7, 11) is 0. The lowest BCUT2D eigenvalue weighted by Gasteiger charge is -2.16. The number of rotatable bonds is 7. The Kier molecular flexibility index (Phi) is 7.16. The van der Waals surface area contributed by atoms with Gasteiger partial charge in [-0.05, 0) is 49.1 Å². The first-order chi connectivity index (χ1) is 13.3. The van der Waals surface area contributed by atoms with Crippen molar-refractivity contribution in [3.8, 4) is 11.8 Å². The largest absolute Gasteiger partial charge is 0.482 e. The lowest BCUT2D eigenvalue weighted by molar-refractivity contribution is -0.155. The molecule has 0 heterocycles. The van der Waals surface area contributed by atoms with Crippen LogP contribution in [-0.2, 0) is 14.3 Å². The van der Waals surface area contributed by atoms with E-state index in [1.807, 2.05) is 45.0 Å². The van der Waals surface area contributed by atoms with Gasteiger partial charge in [-0.3, -0.25) is 4.79 Å². The van der Waals surface area contributed by atoms with Crippen LogP contribution >= 0.6 is 0 Å². The van der Waals surface area contributed by atoms with E-state index in [2.05, 4.69) is 5.32 Å². The summed E-state index contributed by atoms with van der Waals surface area (Å²) in [5, 5.41) is 11.7. The Labute approximate surface area is 165 Å². The summed E-state index contributed by atoms with van der Waals surface area (Å²) in [6.45, 7) is 7.20. The SMILES string of the molecule is Cc1ccc(C(C)C)c(OCC(=O)O[C@@H](C)C(=O)Nc2ccccc2C#N)c1. The predicted octanol–water partition coefficient (Wildman–Crippen LogP) is 3.94. The zero-order chi connectivity index (χ0) is 20.7. The van der Waals surface area contributed by atoms with E-state index in [4.69, 9.17) is 14.7 Å². The number of nitrogens with one attached hydrogen (secondary N) is 1. The number of nitriles is 1. The minimum Gasteiger partial charge on any atom is -0.482 e. The molecule has 6 heteroatoms. The number of amides is 1. The maximum Gasteiger partial charge on any atom is 0.344 e. The number of nitrogens with zero attached hydrogens (tertiary/aromatic N) is 1. The van der Waals surface area contributed by atoms with Crippen molar-refractivity contribution in [2.24, 2.45) is 0 Å². The van der Waals surface area contributed by atoms with Gasteiger partial charge in [-0.25, -0.2) is 4.79 Å². The van der Waals surface area contributed by atoms with Crippen LogP contribution in [0, 0.1) is 18.3 Å². The van der Waals surface area contributed by atoms with E-state index in [1.54, 1.807) is 24.3 Å². The van der Waals surface area contributed by atoms with E-state index < -0.39 is 18.0 Å². The molecule has 146 valence electrons. The highest BCUT2D eigenvalue weighted by Gasteiger charge is 2.20. The number of benzene rings is 2. The molecule has 1 atom stereocenters. The summed E-state index contributed by atoms with van der Waals surface area (Å²) >= 11 is 0. The number of ether oxygens (including phenoxy) is 2. The molecule has 0 saturated carbocycles. The number of para-hydroxylation sites is 1. The van der Waals surface area contributed by atoms with Crippen molar-refractivity contribution < 1.29 is 19.1 Å². The Morgan fingerprint density at radius 2 is 1.86 bits per heavy atom. The van der Waals surface area contributed by atoms with E-state index in [9.17, 15) is 9.59 Å². The average Bonchev–Trinajstić information content (AvgIpc) is 2.66. The Hall–Kier alpha value is -3.33. The van der Waals surface area contributed by atoms with Gasteiger partial charge >= 0.3 is 5.97 Å². The number of hydrogen-bond acceptors (Lipinski definition) is 5. The number of anilines is 1. The molecule has 0 unspecified atom stereocenters. The highest BCUT2D eigenvalue weighted by atomic mass is 16.6. The molecule has 1 N–H and O–H groups in total. The number of aryl methyl sites for hydroxylation is 1. The zero-order valence-corrected chi connectivity index (χ0v) is 16.5. The maximum absolute atomic E-state index is 12.2. The normalized spacial score (nSPS) is 11.4. The Balaban J connectivity index is 1.93. The number of carbonyl (C=O) groups is 2. The molecule has 2 aromatic rings. The standard InChI is InChI=1S/C22H24N2O4/c1-14(2)18-10-9-15(3)11-20(18)27-13-21(25)28-16(4)22(26)24-19-8-6-5-7-17(19)12-23/h5-11,14,16H,13H2,1-4H3,(H,24,26)/t16-/m0/s1. The molecule has 0 aliphatic carbocycles. The van der Waals surface area contributed by atoms with Gasteiger partial charge in [0.05, 0.1) is 11.3 Å². The first-order valence-corrected chi connectivity index (χ1v) is 9.04. The van der Waals surface area contributed by atoms with E-state index in [-0.39, 0.29) is 12.5 Å². The van der Waals surface area contributed by atoms with Crippen molar-refractivity contribution in [3.05, 3.63) is 59.2 Å². The van der Waals surface area contributed by atoms with E-state index in [1.165, 1.54) is 6.92 Å². The van der Waals surface area contributed by atoms with Crippen LogP contribution in [0.25, 0.3) is 0 Å². The summed E-state index contributed by atoms with van der Waals surface area (Å²) in [5.41, 5.74) is 2.72. The van der Waals surface area contributed by atoms with Gasteiger partial charge in [-0.1, -0.05) is 38.1 Å². The van der Waals surface area contributed by atoms with Crippen LogP contribution in [0.5, 0.6) is 5.75 Å². The molecular formula is C22H24N2O4. The molecule has 0 radical (unpaired) electrons. The van der Waals surface area contributed by atoms with Gasteiger partial charge in [0.25, 0.3) is 5.91 Å². The van der Waals surface area contributed by atoms with Crippen molar-refractivity contribution in [1.82, 2.24) is 0 Å². The number of carbonyl (C=O) groups excluding carboxylic acids is 2. The summed E-state index contributed by atoms with van der Waals surface area (Å²) in [6, 6.07) is 14.4. The maximum atomic E-state index is 12.2. The van der Waals surface area contributed by atoms with Gasteiger partial charge in [0.15, 0.2) is 12.7 Å². The molecule has 0 fully saturated rings. The van der Waals surface area contributed by atoms with Crippen molar-refractivity contribution in [1.29, 1.82) is 5.26 Å². The van der Waals surface area contributed by atoms with Gasteiger partial charge in [0.2, 0.25) is 0 Å². The van der Waals surface area contributed by atoms with Crippen molar-refractivity contribution in [2.75, 3.05) is 11.9 Å². The lowest BCUT2D eigenvalue weighted by atomic mass is 10.0. The molecule has 0 aromatic heterocycles. The second kappa shape index (κ2) is 9.56. The van der Waals surface area contributed by atoms with Gasteiger partial charge in [-0.2, -0.15) is 5.26 Å². The molecule has 28 heavy (non-hydrogen) atoms. The summed E-state index contributed by atoms with van der Waals surface area (Å²) in [4.78, 5) is 24.3. The fourth-order valence-electron chi connectivity index (χ4n) is 2.59. The molecule has 1 amide bonds. The van der Waals surface area contributed by atoms with Crippen LogP contribution in [0.3, 0.4) is 0 Å². The van der Waals surface area contributed by atoms with Gasteiger partial charge in [0.1, 0.15) is 11.8 Å². The fourth-order valence-corrected chi connectivity index (χ4v) is 2.59. The van der Waals surface area contributed by atoms with Crippen LogP contribution < -0.4 is 10.1 Å². The molecule has 0 saturated heterocycles. The van der Waals surface area contributed by atoms with E-state index >= 15 is 0 Å². The Morgan fingerprint density at radius 1 is 1.14 bits per heavy atom. The topological polar surface area (TPSA) is 88.4 Å². The van der Waals surface area contributed by atoms with Crippen LogP contribution in [0.15, 0.2) is 42.5 Å². The molecule has 0 aliphatic rings. The van der Waals surface area contributed by atoms with Gasteiger partial charge < -0.3 is 14.8 Å². The molecule has 6 nitrogen and oxygen atoms in total. The predicted molar refractivity (Wildman–Crippen MR) is 106 cm³/mol. The quantitative estimate of drug-likeness (QED) is 0.735. The van der Waals surface area contributed by atoms with Gasteiger partial charge in [-0.15, -0.1) is 0 Å². The zero-order valence-electron chi connectivity index (χ0n) is 16.5. The third-order valence-corrected chi connectivity index (χ3v) is 4.12. The molecule has 0 bridgehead atoms. The molecule has 2 aromatic carbocycles. The summed E-state index contributed by atoms with van der Waals surface area (Å²) in [5.74, 6) is -0.287. The van der Waals surface area contributed by atoms with Crippen LogP contribution in [-0.4, -0.2) is 24.6 Å². The first-order valence-electron chi connectivity index (χ1n) is 9.04. The monoisotopic (exact) mass is 380 g/mol. The molecular weight excluding hydrogens is 356 g/mol. The molecule has 2 rings (SSSR count). The van der Waals surface area contributed by atoms with Crippen molar-refractivity contribution in [2.45, 2.75) is 39.7 Å². The van der Waals surface area contributed by atoms with E-state index in [0.29, 0.717) is 17.0 Å². The lowest BCUT2D eigenvalue weighted by Crippen LogP contribution is -2.32. The second-order valence-corrected chi connectivity index (χ2v) is 6.76. The molecule has 0 aliphatic heterocycles. The third-order valence-electron chi connectivity index (χ3n) is 4.12. The highest BCUT2D eigenvalue weighted by Crippen LogP contribution is 2.27. The van der Waals surface area contributed by atoms with Crippen molar-refractivity contribution in [3.63, 3.8) is 0 Å². The van der Waals surface area contributed by atoms with Crippen molar-refractivity contribution >= 4 is 17.6 Å². The van der Waals surface area contributed by atoms with Gasteiger partial charge in [0, 0.05) is 0 Å². The Bertz CT molecular complexity index is 900. The second-order valence-electron chi connectivity index (χ2n) is 6.76. The van der Waals surface area contributed by atoms with Crippen LogP contribution in [0.4, 0.5) is 5.69 Å². The third kappa shape index (κ3) is 5.58. The average molecular weight is 380 g/mol. The fraction of sp³-hybridized carbons (Fsp3) is 0.318.